The number of fused-ring (bicyclic) bond motifs is 1. The first-order chi connectivity index (χ1) is 9.88. The molecule has 1 heterocycles. The van der Waals surface area contributed by atoms with E-state index in [4.69, 9.17) is 40.5 Å². The number of aromatic nitrogens is 2. The molecule has 0 amide bonds. The Kier molecular flexibility index (Phi) is 3.43. The Morgan fingerprint density at radius 2 is 1.62 bits per heavy atom. The lowest BCUT2D eigenvalue weighted by atomic mass is 10.2. The number of halogens is 5. The smallest absolute Gasteiger partial charge is 0.206 e. The fourth-order valence-electron chi connectivity index (χ4n) is 2.07. The van der Waals surface area contributed by atoms with Crippen molar-refractivity contribution < 1.29 is 8.78 Å². The van der Waals surface area contributed by atoms with Gasteiger partial charge in [0, 0.05) is 6.07 Å². The summed E-state index contributed by atoms with van der Waals surface area (Å²) in [6.45, 7) is 0. The van der Waals surface area contributed by atoms with Crippen molar-refractivity contribution >= 4 is 51.8 Å². The molecule has 108 valence electrons. The first kappa shape index (κ1) is 14.4. The topological polar surface area (TPSA) is 43.8 Å². The van der Waals surface area contributed by atoms with E-state index in [9.17, 15) is 8.78 Å². The van der Waals surface area contributed by atoms with Crippen molar-refractivity contribution in [2.45, 2.75) is 0 Å². The number of benzene rings is 2. The van der Waals surface area contributed by atoms with Gasteiger partial charge in [-0.3, -0.25) is 4.57 Å². The summed E-state index contributed by atoms with van der Waals surface area (Å²) in [5.41, 5.74) is 6.54. The molecule has 0 spiro atoms. The summed E-state index contributed by atoms with van der Waals surface area (Å²) in [6, 6.07) is 4.69. The molecule has 0 unspecified atom stereocenters. The van der Waals surface area contributed by atoms with E-state index in [-0.39, 0.29) is 21.7 Å². The van der Waals surface area contributed by atoms with Crippen molar-refractivity contribution in [2.24, 2.45) is 0 Å². The molecule has 0 aliphatic carbocycles. The van der Waals surface area contributed by atoms with Crippen molar-refractivity contribution in [1.82, 2.24) is 9.55 Å². The lowest BCUT2D eigenvalue weighted by Gasteiger charge is -2.10. The summed E-state index contributed by atoms with van der Waals surface area (Å²) in [5, 5.41) is 0.410. The van der Waals surface area contributed by atoms with Gasteiger partial charge in [0.15, 0.2) is 5.82 Å². The molecular formula is C13H6Cl3F2N3. The minimum Gasteiger partial charge on any atom is -0.369 e. The van der Waals surface area contributed by atoms with Crippen LogP contribution in [0.1, 0.15) is 0 Å². The fourth-order valence-corrected chi connectivity index (χ4v) is 2.67. The largest absolute Gasteiger partial charge is 0.369 e. The number of anilines is 1. The number of nitrogens with two attached hydrogens (primary N) is 1. The number of imidazole rings is 1. The normalized spacial score (nSPS) is 11.3. The van der Waals surface area contributed by atoms with Crippen LogP contribution in [-0.4, -0.2) is 9.55 Å². The van der Waals surface area contributed by atoms with E-state index in [1.54, 1.807) is 0 Å². The third-order valence-electron chi connectivity index (χ3n) is 2.93. The molecule has 3 aromatic rings. The summed E-state index contributed by atoms with van der Waals surface area (Å²) < 4.78 is 28.5. The van der Waals surface area contributed by atoms with Crippen LogP contribution in [0, 0.1) is 11.6 Å². The second-order valence-corrected chi connectivity index (χ2v) is 5.50. The molecule has 0 aliphatic rings. The molecule has 0 fully saturated rings. The summed E-state index contributed by atoms with van der Waals surface area (Å²) in [4.78, 5) is 4.07. The maximum absolute atomic E-state index is 14.1. The van der Waals surface area contributed by atoms with Crippen LogP contribution in [0.4, 0.5) is 14.7 Å². The van der Waals surface area contributed by atoms with Crippen molar-refractivity contribution in [3.63, 3.8) is 0 Å². The molecule has 0 saturated heterocycles. The van der Waals surface area contributed by atoms with Crippen molar-refractivity contribution in [3.8, 4) is 5.69 Å². The average Bonchev–Trinajstić information content (AvgIpc) is 2.66. The number of nitrogen functional groups attached to an aromatic ring is 1. The predicted molar refractivity (Wildman–Crippen MR) is 80.4 cm³/mol. The Bertz CT molecular complexity index is 854. The van der Waals surface area contributed by atoms with Gasteiger partial charge in [0.1, 0.15) is 11.5 Å². The third kappa shape index (κ3) is 2.31. The summed E-state index contributed by atoms with van der Waals surface area (Å²) in [7, 11) is 0. The maximum atomic E-state index is 14.1. The van der Waals surface area contributed by atoms with Crippen LogP contribution in [0.3, 0.4) is 0 Å². The van der Waals surface area contributed by atoms with Gasteiger partial charge < -0.3 is 5.73 Å². The van der Waals surface area contributed by atoms with Gasteiger partial charge in [-0.15, -0.1) is 0 Å². The minimum atomic E-state index is -0.864. The van der Waals surface area contributed by atoms with Crippen LogP contribution in [-0.2, 0) is 0 Å². The van der Waals surface area contributed by atoms with Crippen molar-refractivity contribution in [3.05, 3.63) is 51.0 Å². The van der Waals surface area contributed by atoms with Gasteiger partial charge in [0.05, 0.1) is 26.1 Å². The highest BCUT2D eigenvalue weighted by Gasteiger charge is 2.19. The lowest BCUT2D eigenvalue weighted by molar-refractivity contribution is 0.579. The van der Waals surface area contributed by atoms with Crippen LogP contribution in [0.2, 0.25) is 15.1 Å². The van der Waals surface area contributed by atoms with Gasteiger partial charge >= 0.3 is 0 Å². The first-order valence-corrected chi connectivity index (χ1v) is 6.79. The van der Waals surface area contributed by atoms with Gasteiger partial charge in [-0.05, 0) is 18.2 Å². The van der Waals surface area contributed by atoms with Crippen LogP contribution in [0.15, 0.2) is 24.3 Å². The zero-order chi connectivity index (χ0) is 15.3. The molecule has 0 bridgehead atoms. The molecule has 3 nitrogen and oxygen atoms in total. The van der Waals surface area contributed by atoms with Crippen molar-refractivity contribution in [2.75, 3.05) is 5.73 Å². The SMILES string of the molecule is Nc1nc2cc(Cl)c(Cl)cc2n1-c1c(F)cc(F)cc1Cl. The van der Waals surface area contributed by atoms with E-state index in [0.717, 1.165) is 6.07 Å². The molecule has 3 rings (SSSR count). The summed E-state index contributed by atoms with van der Waals surface area (Å²) in [6.07, 6.45) is 0. The van der Waals surface area contributed by atoms with Crippen LogP contribution in [0.5, 0.6) is 0 Å². The Labute approximate surface area is 132 Å². The number of nitrogens with zero attached hydrogens (tertiary/aromatic N) is 2. The predicted octanol–water partition coefficient (Wildman–Crippen LogP) is 4.85. The molecule has 21 heavy (non-hydrogen) atoms. The molecule has 0 radical (unpaired) electrons. The van der Waals surface area contributed by atoms with Gasteiger partial charge in [-0.2, -0.15) is 0 Å². The number of rotatable bonds is 1. The Balaban J connectivity index is 2.41. The Morgan fingerprint density at radius 3 is 2.29 bits per heavy atom. The van der Waals surface area contributed by atoms with E-state index in [1.807, 2.05) is 0 Å². The van der Waals surface area contributed by atoms with E-state index in [2.05, 4.69) is 4.98 Å². The minimum absolute atomic E-state index is 0.0178. The van der Waals surface area contributed by atoms with E-state index in [0.29, 0.717) is 22.1 Å². The molecule has 8 heteroatoms. The summed E-state index contributed by atoms with van der Waals surface area (Å²) in [5.74, 6) is -1.67. The highest BCUT2D eigenvalue weighted by molar-refractivity contribution is 6.42. The monoisotopic (exact) mass is 347 g/mol. The highest BCUT2D eigenvalue weighted by atomic mass is 35.5. The number of hydrogen-bond acceptors (Lipinski definition) is 2. The third-order valence-corrected chi connectivity index (χ3v) is 3.94. The van der Waals surface area contributed by atoms with Crippen LogP contribution >= 0.6 is 34.8 Å². The van der Waals surface area contributed by atoms with Gasteiger partial charge in [0.25, 0.3) is 0 Å². The number of hydrogen-bond donors (Lipinski definition) is 1. The van der Waals surface area contributed by atoms with E-state index in [1.165, 1.54) is 16.7 Å². The zero-order valence-corrected chi connectivity index (χ0v) is 12.4. The fraction of sp³-hybridized carbons (Fsp3) is 0. The molecule has 0 aliphatic heterocycles. The van der Waals surface area contributed by atoms with Gasteiger partial charge in [-0.1, -0.05) is 34.8 Å². The quantitative estimate of drug-likeness (QED) is 0.683. The zero-order valence-electron chi connectivity index (χ0n) is 10.2. The van der Waals surface area contributed by atoms with Gasteiger partial charge in [-0.25, -0.2) is 13.8 Å². The molecule has 1 aromatic heterocycles. The molecule has 0 saturated carbocycles. The molecule has 2 N–H and O–H groups in total. The average molecular weight is 349 g/mol. The highest BCUT2D eigenvalue weighted by Crippen LogP contribution is 2.34. The maximum Gasteiger partial charge on any atom is 0.206 e. The second kappa shape index (κ2) is 5.02. The summed E-state index contributed by atoms with van der Waals surface area (Å²) >= 11 is 17.8. The molecule has 2 aromatic carbocycles. The molecular weight excluding hydrogens is 343 g/mol. The Morgan fingerprint density at radius 1 is 0.952 bits per heavy atom. The van der Waals surface area contributed by atoms with Crippen molar-refractivity contribution in [1.29, 1.82) is 0 Å². The first-order valence-electron chi connectivity index (χ1n) is 5.66. The van der Waals surface area contributed by atoms with E-state index < -0.39 is 11.6 Å². The second-order valence-electron chi connectivity index (χ2n) is 4.28. The lowest BCUT2D eigenvalue weighted by Crippen LogP contribution is -2.04. The van der Waals surface area contributed by atoms with Crippen LogP contribution in [0.25, 0.3) is 16.7 Å². The standard InChI is InChI=1S/C13H6Cl3F2N3/c14-6-3-10-11(4-7(6)15)21(13(19)20-10)12-8(16)1-5(17)2-9(12)18/h1-4H,(H2,19,20). The van der Waals surface area contributed by atoms with E-state index >= 15 is 0 Å². The Hall–Kier alpha value is -1.56. The molecule has 0 atom stereocenters. The van der Waals surface area contributed by atoms with Gasteiger partial charge in [0.2, 0.25) is 5.95 Å². The van der Waals surface area contributed by atoms with Crippen LogP contribution < -0.4 is 5.73 Å².